The number of aryl methyl sites for hydroxylation is 1. The number of aliphatic hydroxyl groups excluding tert-OH is 1. The number of halogens is 1. The van der Waals surface area contributed by atoms with Crippen molar-refractivity contribution in [3.05, 3.63) is 56.7 Å². The van der Waals surface area contributed by atoms with Gasteiger partial charge >= 0.3 is 0 Å². The van der Waals surface area contributed by atoms with Gasteiger partial charge in [0.2, 0.25) is 5.91 Å². The van der Waals surface area contributed by atoms with Gasteiger partial charge < -0.3 is 10.4 Å². The Morgan fingerprint density at radius 2 is 2.10 bits per heavy atom. The van der Waals surface area contributed by atoms with Crippen molar-refractivity contribution in [3.63, 3.8) is 0 Å². The second-order valence-electron chi connectivity index (χ2n) is 4.53. The van der Waals surface area contributed by atoms with E-state index in [4.69, 9.17) is 11.6 Å². The van der Waals surface area contributed by atoms with Gasteiger partial charge in [-0.15, -0.1) is 11.3 Å². The fourth-order valence-corrected chi connectivity index (χ4v) is 3.02. The summed E-state index contributed by atoms with van der Waals surface area (Å²) in [4.78, 5) is 14.0. The molecule has 0 spiro atoms. The summed E-state index contributed by atoms with van der Waals surface area (Å²) in [6.07, 6.45) is -0.453. The van der Waals surface area contributed by atoms with E-state index in [0.717, 1.165) is 4.88 Å². The van der Waals surface area contributed by atoms with Crippen LogP contribution >= 0.6 is 22.9 Å². The first-order valence-corrected chi connectivity index (χ1v) is 7.50. The van der Waals surface area contributed by atoms with E-state index in [-0.39, 0.29) is 12.5 Å². The van der Waals surface area contributed by atoms with Crippen molar-refractivity contribution in [2.24, 2.45) is 0 Å². The lowest BCUT2D eigenvalue weighted by Crippen LogP contribution is -2.29. The van der Waals surface area contributed by atoms with E-state index in [2.05, 4.69) is 5.32 Å². The quantitative estimate of drug-likeness (QED) is 0.891. The molecule has 0 bridgehead atoms. The van der Waals surface area contributed by atoms with Crippen LogP contribution in [0.1, 0.15) is 21.4 Å². The van der Waals surface area contributed by atoms with Crippen LogP contribution in [-0.2, 0) is 11.2 Å². The molecule has 1 aromatic heterocycles. The normalized spacial score (nSPS) is 12.2. The van der Waals surface area contributed by atoms with Crippen LogP contribution < -0.4 is 5.32 Å². The van der Waals surface area contributed by atoms with Crippen molar-refractivity contribution in [2.45, 2.75) is 19.4 Å². The van der Waals surface area contributed by atoms with Gasteiger partial charge in [0.15, 0.2) is 0 Å². The van der Waals surface area contributed by atoms with E-state index in [1.54, 1.807) is 35.6 Å². The van der Waals surface area contributed by atoms with E-state index in [9.17, 15) is 9.90 Å². The molecule has 2 aromatic rings. The average molecular weight is 310 g/mol. The number of carbonyl (C=O) groups excluding carboxylic acids is 1. The Morgan fingerprint density at radius 3 is 2.75 bits per heavy atom. The molecule has 0 fully saturated rings. The van der Waals surface area contributed by atoms with E-state index >= 15 is 0 Å². The summed E-state index contributed by atoms with van der Waals surface area (Å²) in [7, 11) is 0. The molecule has 2 N–H and O–H groups in total. The number of hydrogen-bond acceptors (Lipinski definition) is 3. The lowest BCUT2D eigenvalue weighted by molar-refractivity contribution is -0.120. The first kappa shape index (κ1) is 15.0. The van der Waals surface area contributed by atoms with Crippen molar-refractivity contribution >= 4 is 28.8 Å². The van der Waals surface area contributed by atoms with Gasteiger partial charge in [-0.3, -0.25) is 4.79 Å². The van der Waals surface area contributed by atoms with Crippen LogP contribution in [0.5, 0.6) is 0 Å². The summed E-state index contributed by atoms with van der Waals surface area (Å²) in [5.74, 6) is -0.0991. The van der Waals surface area contributed by atoms with Crippen LogP contribution in [-0.4, -0.2) is 17.6 Å². The zero-order valence-electron chi connectivity index (χ0n) is 11.1. The van der Waals surface area contributed by atoms with Crippen LogP contribution in [0.3, 0.4) is 0 Å². The zero-order valence-corrected chi connectivity index (χ0v) is 12.7. The first-order valence-electron chi connectivity index (χ1n) is 6.31. The minimum Gasteiger partial charge on any atom is -0.387 e. The summed E-state index contributed by atoms with van der Waals surface area (Å²) < 4.78 is 0. The maximum absolute atomic E-state index is 11.8. The molecule has 1 heterocycles. The summed E-state index contributed by atoms with van der Waals surface area (Å²) >= 11 is 7.60. The molecule has 0 saturated heterocycles. The molecule has 0 aliphatic rings. The molecular formula is C15H16ClNO2S. The van der Waals surface area contributed by atoms with Crippen molar-refractivity contribution in [3.8, 4) is 0 Å². The molecule has 0 saturated carbocycles. The predicted molar refractivity (Wildman–Crippen MR) is 82.2 cm³/mol. The molecule has 0 aliphatic carbocycles. The highest BCUT2D eigenvalue weighted by Gasteiger charge is 2.12. The SMILES string of the molecule is Cc1ccc(CC(=O)NCC(O)c2ccccc2Cl)s1. The fraction of sp³-hybridized carbons (Fsp3) is 0.267. The van der Waals surface area contributed by atoms with Crippen LogP contribution in [0.15, 0.2) is 36.4 Å². The van der Waals surface area contributed by atoms with Crippen molar-refractivity contribution in [2.75, 3.05) is 6.54 Å². The predicted octanol–water partition coefficient (Wildman–Crippen LogP) is 3.10. The Bertz CT molecular complexity index is 597. The third-order valence-corrected chi connectivity index (χ3v) is 4.23. The molecule has 0 radical (unpaired) electrons. The van der Waals surface area contributed by atoms with Crippen LogP contribution in [0.2, 0.25) is 5.02 Å². The molecule has 0 aliphatic heterocycles. The number of thiophene rings is 1. The topological polar surface area (TPSA) is 49.3 Å². The first-order chi connectivity index (χ1) is 9.56. The molecule has 3 nitrogen and oxygen atoms in total. The average Bonchev–Trinajstić information content (AvgIpc) is 2.82. The Hall–Kier alpha value is -1.36. The Morgan fingerprint density at radius 1 is 1.35 bits per heavy atom. The molecule has 1 aromatic carbocycles. The van der Waals surface area contributed by atoms with Gasteiger partial charge in [-0.2, -0.15) is 0 Å². The van der Waals surface area contributed by atoms with Gasteiger partial charge in [0, 0.05) is 26.9 Å². The largest absolute Gasteiger partial charge is 0.387 e. The van der Waals surface area contributed by atoms with E-state index < -0.39 is 6.10 Å². The minimum atomic E-state index is -0.794. The zero-order chi connectivity index (χ0) is 14.5. The van der Waals surface area contributed by atoms with Crippen molar-refractivity contribution < 1.29 is 9.90 Å². The highest BCUT2D eigenvalue weighted by atomic mass is 35.5. The maximum Gasteiger partial charge on any atom is 0.225 e. The molecule has 1 amide bonds. The highest BCUT2D eigenvalue weighted by Crippen LogP contribution is 2.22. The van der Waals surface area contributed by atoms with Crippen LogP contribution in [0.25, 0.3) is 0 Å². The van der Waals surface area contributed by atoms with Crippen molar-refractivity contribution in [1.82, 2.24) is 5.32 Å². The molecule has 1 atom stereocenters. The number of nitrogens with one attached hydrogen (secondary N) is 1. The van der Waals surface area contributed by atoms with E-state index in [1.165, 1.54) is 4.88 Å². The summed E-state index contributed by atoms with van der Waals surface area (Å²) in [6, 6.07) is 11.0. The number of rotatable bonds is 5. The number of aliphatic hydroxyl groups is 1. The highest BCUT2D eigenvalue weighted by molar-refractivity contribution is 7.12. The van der Waals surface area contributed by atoms with Gasteiger partial charge in [0.1, 0.15) is 0 Å². The number of hydrogen-bond donors (Lipinski definition) is 2. The van der Waals surface area contributed by atoms with E-state index in [1.807, 2.05) is 19.1 Å². The lowest BCUT2D eigenvalue weighted by Gasteiger charge is -2.13. The van der Waals surface area contributed by atoms with Gasteiger partial charge in [-0.05, 0) is 25.1 Å². The molecular weight excluding hydrogens is 294 g/mol. The fourth-order valence-electron chi connectivity index (χ4n) is 1.87. The maximum atomic E-state index is 11.8. The van der Waals surface area contributed by atoms with Gasteiger partial charge in [-0.25, -0.2) is 0 Å². The van der Waals surface area contributed by atoms with Gasteiger partial charge in [-0.1, -0.05) is 29.8 Å². The van der Waals surface area contributed by atoms with Gasteiger partial charge in [0.25, 0.3) is 0 Å². The molecule has 20 heavy (non-hydrogen) atoms. The Labute approximate surface area is 127 Å². The van der Waals surface area contributed by atoms with Crippen LogP contribution in [0, 0.1) is 6.92 Å². The Kier molecular flexibility index (Phi) is 5.17. The monoisotopic (exact) mass is 309 g/mol. The van der Waals surface area contributed by atoms with Gasteiger partial charge in [0.05, 0.1) is 12.5 Å². The molecule has 1 unspecified atom stereocenters. The standard InChI is InChI=1S/C15H16ClNO2S/c1-10-6-7-11(20-10)8-15(19)17-9-14(18)12-4-2-3-5-13(12)16/h2-7,14,18H,8-9H2,1H3,(H,17,19). The third kappa shape index (κ3) is 4.07. The lowest BCUT2D eigenvalue weighted by atomic mass is 10.1. The smallest absolute Gasteiger partial charge is 0.225 e. The minimum absolute atomic E-state index is 0.0991. The molecule has 5 heteroatoms. The Balaban J connectivity index is 1.85. The van der Waals surface area contributed by atoms with E-state index in [0.29, 0.717) is 17.0 Å². The molecule has 106 valence electrons. The summed E-state index contributed by atoms with van der Waals surface area (Å²) in [5, 5.41) is 13.3. The second kappa shape index (κ2) is 6.88. The number of amides is 1. The number of carbonyl (C=O) groups is 1. The van der Waals surface area contributed by atoms with Crippen LogP contribution in [0.4, 0.5) is 0 Å². The second-order valence-corrected chi connectivity index (χ2v) is 6.31. The number of benzene rings is 1. The summed E-state index contributed by atoms with van der Waals surface area (Å²) in [5.41, 5.74) is 0.626. The summed E-state index contributed by atoms with van der Waals surface area (Å²) in [6.45, 7) is 2.17. The van der Waals surface area contributed by atoms with Crippen molar-refractivity contribution in [1.29, 1.82) is 0 Å². The molecule has 2 rings (SSSR count). The third-order valence-electron chi connectivity index (χ3n) is 2.89.